The molecule has 0 aliphatic rings. The van der Waals surface area contributed by atoms with Gasteiger partial charge in [0, 0.05) is 10.2 Å². The molecule has 0 spiro atoms. The fraction of sp³-hybridized carbons (Fsp3) is 0.400. The molecule has 1 rings (SSSR count). The number of benzene rings is 1. The average molecular weight is 261 g/mol. The second-order valence-electron chi connectivity index (χ2n) is 2.57. The highest BCUT2D eigenvalue weighted by Crippen LogP contribution is 2.23. The van der Waals surface area contributed by atoms with E-state index in [2.05, 4.69) is 28.1 Å². The minimum Gasteiger partial charge on any atom is -0.497 e. The Hall–Kier alpha value is -0.150. The highest BCUT2D eigenvalue weighted by Gasteiger charge is 1.95. The summed E-state index contributed by atoms with van der Waals surface area (Å²) in [6.07, 6.45) is 1.20. The Balaban J connectivity index is 2.46. The van der Waals surface area contributed by atoms with E-state index >= 15 is 0 Å². The lowest BCUT2D eigenvalue weighted by atomic mass is 10.3. The lowest BCUT2D eigenvalue weighted by Gasteiger charge is -2.02. The molecule has 0 fully saturated rings. The van der Waals surface area contributed by atoms with Crippen LogP contribution in [-0.2, 0) is 0 Å². The lowest BCUT2D eigenvalue weighted by Crippen LogP contribution is -1.84. The first-order chi connectivity index (χ1) is 6.36. The first-order valence-corrected chi connectivity index (χ1v) is 6.30. The molecular formula is C10H13BrOS. The zero-order valence-electron chi connectivity index (χ0n) is 7.63. The van der Waals surface area contributed by atoms with Crippen molar-refractivity contribution in [1.82, 2.24) is 0 Å². The first kappa shape index (κ1) is 10.9. The van der Waals surface area contributed by atoms with E-state index in [0.717, 1.165) is 16.8 Å². The van der Waals surface area contributed by atoms with Gasteiger partial charge in [-0.3, -0.25) is 0 Å². The normalized spacial score (nSPS) is 10.0. The molecule has 0 N–H and O–H groups in total. The van der Waals surface area contributed by atoms with Gasteiger partial charge < -0.3 is 4.74 Å². The Bertz CT molecular complexity index is 252. The molecule has 0 aliphatic heterocycles. The van der Waals surface area contributed by atoms with Crippen molar-refractivity contribution in [2.75, 3.05) is 18.2 Å². The van der Waals surface area contributed by atoms with Crippen LogP contribution in [0.15, 0.2) is 29.2 Å². The minimum absolute atomic E-state index is 0.934. The molecule has 0 amide bonds. The van der Waals surface area contributed by atoms with Gasteiger partial charge in [0.05, 0.1) is 7.11 Å². The van der Waals surface area contributed by atoms with Gasteiger partial charge >= 0.3 is 0 Å². The summed E-state index contributed by atoms with van der Waals surface area (Å²) >= 11 is 5.28. The Morgan fingerprint density at radius 1 is 1.46 bits per heavy atom. The number of hydrogen-bond donors (Lipinski definition) is 0. The Morgan fingerprint density at radius 3 is 3.00 bits per heavy atom. The summed E-state index contributed by atoms with van der Waals surface area (Å²) in [5.41, 5.74) is 0. The highest BCUT2D eigenvalue weighted by molar-refractivity contribution is 9.09. The molecule has 1 nitrogen and oxygen atoms in total. The summed E-state index contributed by atoms with van der Waals surface area (Å²) in [4.78, 5) is 1.28. The van der Waals surface area contributed by atoms with Crippen molar-refractivity contribution in [3.8, 4) is 5.75 Å². The summed E-state index contributed by atoms with van der Waals surface area (Å²) in [6, 6.07) is 8.17. The van der Waals surface area contributed by atoms with Gasteiger partial charge in [0.25, 0.3) is 0 Å². The van der Waals surface area contributed by atoms with Crippen molar-refractivity contribution in [2.45, 2.75) is 11.3 Å². The van der Waals surface area contributed by atoms with Gasteiger partial charge in [0.1, 0.15) is 5.75 Å². The molecule has 72 valence electrons. The molecule has 0 saturated carbocycles. The maximum Gasteiger partial charge on any atom is 0.119 e. The molecule has 1 aromatic rings. The second-order valence-corrected chi connectivity index (χ2v) is 4.53. The van der Waals surface area contributed by atoms with Crippen molar-refractivity contribution < 1.29 is 4.74 Å². The molecular weight excluding hydrogens is 248 g/mol. The summed E-state index contributed by atoms with van der Waals surface area (Å²) in [6.45, 7) is 0. The van der Waals surface area contributed by atoms with Gasteiger partial charge in [-0.1, -0.05) is 22.0 Å². The Morgan fingerprint density at radius 2 is 2.31 bits per heavy atom. The molecule has 1 aromatic carbocycles. The van der Waals surface area contributed by atoms with E-state index in [1.165, 1.54) is 11.3 Å². The summed E-state index contributed by atoms with van der Waals surface area (Å²) < 4.78 is 5.14. The largest absolute Gasteiger partial charge is 0.497 e. The molecule has 3 heteroatoms. The van der Waals surface area contributed by atoms with E-state index in [1.54, 1.807) is 7.11 Å². The number of hydrogen-bond acceptors (Lipinski definition) is 2. The number of methoxy groups -OCH3 is 1. The number of ether oxygens (including phenoxy) is 1. The third-order valence-electron chi connectivity index (χ3n) is 1.59. The van der Waals surface area contributed by atoms with Crippen LogP contribution in [0, 0.1) is 0 Å². The minimum atomic E-state index is 0.934. The van der Waals surface area contributed by atoms with Gasteiger partial charge in [-0.2, -0.15) is 0 Å². The molecule has 0 radical (unpaired) electrons. The van der Waals surface area contributed by atoms with Crippen LogP contribution in [0.4, 0.5) is 0 Å². The fourth-order valence-corrected chi connectivity index (χ4v) is 2.49. The molecule has 0 saturated heterocycles. The second kappa shape index (κ2) is 6.33. The smallest absolute Gasteiger partial charge is 0.119 e. The highest BCUT2D eigenvalue weighted by atomic mass is 79.9. The van der Waals surface area contributed by atoms with Crippen LogP contribution in [0.2, 0.25) is 0 Å². The predicted molar refractivity (Wildman–Crippen MR) is 62.1 cm³/mol. The predicted octanol–water partition coefficient (Wildman–Crippen LogP) is 3.57. The lowest BCUT2D eigenvalue weighted by molar-refractivity contribution is 0.413. The van der Waals surface area contributed by atoms with Gasteiger partial charge in [-0.15, -0.1) is 11.8 Å². The quantitative estimate of drug-likeness (QED) is 0.455. The molecule has 0 heterocycles. The third kappa shape index (κ3) is 4.05. The van der Waals surface area contributed by atoms with Gasteiger partial charge in [0.2, 0.25) is 0 Å². The van der Waals surface area contributed by atoms with Crippen LogP contribution in [-0.4, -0.2) is 18.2 Å². The summed E-state index contributed by atoms with van der Waals surface area (Å²) in [5.74, 6) is 2.09. The molecule has 0 aliphatic carbocycles. The number of thioether (sulfide) groups is 1. The SMILES string of the molecule is COc1cccc(SCCCBr)c1. The first-order valence-electron chi connectivity index (χ1n) is 4.19. The van der Waals surface area contributed by atoms with E-state index in [9.17, 15) is 0 Å². The standard InChI is InChI=1S/C10H13BrOS/c1-12-9-4-2-5-10(8-9)13-7-3-6-11/h2,4-5,8H,3,6-7H2,1H3. The van der Waals surface area contributed by atoms with Gasteiger partial charge in [0.15, 0.2) is 0 Å². The zero-order valence-corrected chi connectivity index (χ0v) is 10.0. The molecule has 0 bridgehead atoms. The van der Waals surface area contributed by atoms with Gasteiger partial charge in [-0.05, 0) is 30.4 Å². The number of alkyl halides is 1. The van der Waals surface area contributed by atoms with Crippen LogP contribution >= 0.6 is 27.7 Å². The van der Waals surface area contributed by atoms with E-state index < -0.39 is 0 Å². The van der Waals surface area contributed by atoms with Crippen LogP contribution in [0.3, 0.4) is 0 Å². The van der Waals surface area contributed by atoms with Crippen LogP contribution in [0.5, 0.6) is 5.75 Å². The summed E-state index contributed by atoms with van der Waals surface area (Å²) in [7, 11) is 1.70. The maximum absolute atomic E-state index is 5.14. The van der Waals surface area contributed by atoms with Crippen molar-refractivity contribution >= 4 is 27.7 Å². The van der Waals surface area contributed by atoms with E-state index in [1.807, 2.05) is 23.9 Å². The zero-order chi connectivity index (χ0) is 9.52. The van der Waals surface area contributed by atoms with Crippen molar-refractivity contribution in [3.63, 3.8) is 0 Å². The Labute approximate surface area is 92.0 Å². The summed E-state index contributed by atoms with van der Waals surface area (Å²) in [5, 5.41) is 1.07. The van der Waals surface area contributed by atoms with E-state index in [0.29, 0.717) is 0 Å². The van der Waals surface area contributed by atoms with E-state index in [-0.39, 0.29) is 0 Å². The van der Waals surface area contributed by atoms with Crippen LogP contribution in [0.1, 0.15) is 6.42 Å². The monoisotopic (exact) mass is 260 g/mol. The maximum atomic E-state index is 5.14. The number of rotatable bonds is 5. The Kier molecular flexibility index (Phi) is 5.32. The molecule has 0 unspecified atom stereocenters. The van der Waals surface area contributed by atoms with Crippen LogP contribution in [0.25, 0.3) is 0 Å². The van der Waals surface area contributed by atoms with Crippen LogP contribution < -0.4 is 4.74 Å². The number of halogens is 1. The van der Waals surface area contributed by atoms with E-state index in [4.69, 9.17) is 4.74 Å². The van der Waals surface area contributed by atoms with Gasteiger partial charge in [-0.25, -0.2) is 0 Å². The molecule has 0 aromatic heterocycles. The fourth-order valence-electron chi connectivity index (χ4n) is 0.936. The molecule has 13 heavy (non-hydrogen) atoms. The molecule has 0 atom stereocenters. The topological polar surface area (TPSA) is 9.23 Å². The van der Waals surface area contributed by atoms with Crippen molar-refractivity contribution in [2.24, 2.45) is 0 Å². The average Bonchev–Trinajstić information content (AvgIpc) is 2.19. The van der Waals surface area contributed by atoms with Crippen molar-refractivity contribution in [1.29, 1.82) is 0 Å². The third-order valence-corrected chi connectivity index (χ3v) is 3.23. The van der Waals surface area contributed by atoms with Crippen molar-refractivity contribution in [3.05, 3.63) is 24.3 Å².